The fourth-order valence-corrected chi connectivity index (χ4v) is 3.39. The van der Waals surface area contributed by atoms with Crippen molar-refractivity contribution in [2.24, 2.45) is 0 Å². The van der Waals surface area contributed by atoms with E-state index in [0.717, 1.165) is 10.5 Å². The average molecular weight is 377 g/mol. The lowest BCUT2D eigenvalue weighted by atomic mass is 10.1. The van der Waals surface area contributed by atoms with Crippen LogP contribution in [0.15, 0.2) is 29.2 Å². The molecule has 0 aliphatic heterocycles. The number of nitrogens with one attached hydrogen (secondary N) is 1. The van der Waals surface area contributed by atoms with E-state index in [9.17, 15) is 9.59 Å². The maximum atomic E-state index is 12.7. The highest BCUT2D eigenvalue weighted by Gasteiger charge is 2.17. The molecule has 2 aromatic heterocycles. The van der Waals surface area contributed by atoms with Crippen LogP contribution in [0.25, 0.3) is 10.9 Å². The van der Waals surface area contributed by atoms with Crippen molar-refractivity contribution >= 4 is 44.9 Å². The van der Waals surface area contributed by atoms with Crippen LogP contribution in [0.1, 0.15) is 42.1 Å². The molecule has 0 saturated carbocycles. The Bertz CT molecular complexity index is 1010. The smallest absolute Gasteiger partial charge is 0.262 e. The van der Waals surface area contributed by atoms with Gasteiger partial charge in [-0.1, -0.05) is 36.8 Å². The van der Waals surface area contributed by atoms with Gasteiger partial charge in [0.15, 0.2) is 0 Å². The molecule has 25 heavy (non-hydrogen) atoms. The molecule has 6 nitrogen and oxygen atoms in total. The highest BCUT2D eigenvalue weighted by Crippen LogP contribution is 2.23. The van der Waals surface area contributed by atoms with E-state index in [-0.39, 0.29) is 16.9 Å². The number of amides is 1. The summed E-state index contributed by atoms with van der Waals surface area (Å²) in [4.78, 5) is 25.3. The summed E-state index contributed by atoms with van der Waals surface area (Å²) in [6.45, 7) is 6.56. The van der Waals surface area contributed by atoms with E-state index in [4.69, 9.17) is 11.6 Å². The van der Waals surface area contributed by atoms with E-state index in [2.05, 4.69) is 15.5 Å². The molecule has 0 aliphatic rings. The number of pyridine rings is 1. The van der Waals surface area contributed by atoms with Crippen LogP contribution >= 0.6 is 22.9 Å². The van der Waals surface area contributed by atoms with Crippen LogP contribution in [0.4, 0.5) is 5.13 Å². The number of anilines is 1. The zero-order chi connectivity index (χ0) is 18.1. The third-order valence-corrected chi connectivity index (χ3v) is 5.16. The lowest BCUT2D eigenvalue weighted by molar-refractivity contribution is 0.102. The van der Waals surface area contributed by atoms with Gasteiger partial charge in [-0.2, -0.15) is 0 Å². The van der Waals surface area contributed by atoms with Crippen LogP contribution in [0, 0.1) is 0 Å². The first-order valence-corrected chi connectivity index (χ1v) is 9.07. The molecule has 0 radical (unpaired) electrons. The minimum absolute atomic E-state index is 0.0536. The van der Waals surface area contributed by atoms with Crippen LogP contribution in [-0.4, -0.2) is 20.7 Å². The summed E-state index contributed by atoms with van der Waals surface area (Å²) in [7, 11) is 0. The third kappa shape index (κ3) is 3.43. The highest BCUT2D eigenvalue weighted by molar-refractivity contribution is 7.15. The van der Waals surface area contributed by atoms with E-state index in [0.29, 0.717) is 22.1 Å². The molecule has 0 saturated heterocycles. The number of benzene rings is 1. The van der Waals surface area contributed by atoms with Crippen molar-refractivity contribution in [1.82, 2.24) is 14.8 Å². The third-order valence-electron chi connectivity index (χ3n) is 3.78. The van der Waals surface area contributed by atoms with Gasteiger partial charge in [0, 0.05) is 29.1 Å². The van der Waals surface area contributed by atoms with E-state index in [1.54, 1.807) is 24.4 Å². The van der Waals surface area contributed by atoms with E-state index in [1.807, 2.05) is 25.3 Å². The molecule has 3 rings (SSSR count). The number of rotatable bonds is 4. The van der Waals surface area contributed by atoms with Crippen molar-refractivity contribution in [3.63, 3.8) is 0 Å². The number of carbonyl (C=O) groups excluding carboxylic acids is 1. The summed E-state index contributed by atoms with van der Waals surface area (Å²) in [6, 6.07) is 5.10. The molecule has 2 heterocycles. The summed E-state index contributed by atoms with van der Waals surface area (Å²) in [5, 5.41) is 12.7. The van der Waals surface area contributed by atoms with Crippen molar-refractivity contribution in [3.8, 4) is 0 Å². The Morgan fingerprint density at radius 2 is 2.12 bits per heavy atom. The Morgan fingerprint density at radius 1 is 1.36 bits per heavy atom. The molecule has 0 atom stereocenters. The predicted molar refractivity (Wildman–Crippen MR) is 101 cm³/mol. The molecular weight excluding hydrogens is 360 g/mol. The summed E-state index contributed by atoms with van der Waals surface area (Å²) in [6.07, 6.45) is 1.57. The number of hydrogen-bond acceptors (Lipinski definition) is 5. The fraction of sp³-hybridized carbons (Fsp3) is 0.294. The Balaban J connectivity index is 2.03. The number of aromatic nitrogens is 3. The van der Waals surface area contributed by atoms with Gasteiger partial charge in [0.25, 0.3) is 5.91 Å². The summed E-state index contributed by atoms with van der Waals surface area (Å²) in [5.41, 5.74) is 0.442. The Kier molecular flexibility index (Phi) is 4.87. The van der Waals surface area contributed by atoms with E-state index < -0.39 is 5.91 Å². The van der Waals surface area contributed by atoms with Crippen LogP contribution in [0.3, 0.4) is 0 Å². The van der Waals surface area contributed by atoms with Crippen molar-refractivity contribution < 1.29 is 4.79 Å². The van der Waals surface area contributed by atoms with Crippen LogP contribution < -0.4 is 10.7 Å². The normalized spacial score (nSPS) is 11.2. The van der Waals surface area contributed by atoms with E-state index in [1.165, 1.54) is 11.3 Å². The molecule has 0 spiro atoms. The summed E-state index contributed by atoms with van der Waals surface area (Å²) >= 11 is 7.32. The molecule has 0 aliphatic carbocycles. The molecule has 3 aromatic rings. The number of halogens is 1. The fourth-order valence-electron chi connectivity index (χ4n) is 2.48. The van der Waals surface area contributed by atoms with Gasteiger partial charge in [-0.15, -0.1) is 10.2 Å². The maximum absolute atomic E-state index is 12.7. The first-order valence-electron chi connectivity index (χ1n) is 7.88. The number of carbonyl (C=O) groups is 1. The molecule has 1 aromatic carbocycles. The van der Waals surface area contributed by atoms with Gasteiger partial charge in [-0.3, -0.25) is 14.9 Å². The second-order valence-electron chi connectivity index (χ2n) is 5.87. The number of hydrogen-bond donors (Lipinski definition) is 1. The van der Waals surface area contributed by atoms with E-state index >= 15 is 0 Å². The molecule has 1 amide bonds. The molecule has 0 bridgehead atoms. The highest BCUT2D eigenvalue weighted by atomic mass is 35.5. The standard InChI is InChI=1S/C17H17ClN4O2S/c1-4-22-8-12(14(23)11-7-10(18)5-6-13(11)22)15(24)19-17-21-20-16(25-17)9(2)3/h5-9H,4H2,1-3H3,(H,19,21,24). The van der Waals surface area contributed by atoms with Gasteiger partial charge < -0.3 is 4.57 Å². The second kappa shape index (κ2) is 6.93. The SMILES string of the molecule is CCn1cc(C(=O)Nc2nnc(C(C)C)s2)c(=O)c2cc(Cl)ccc21. The minimum atomic E-state index is -0.500. The van der Waals surface area contributed by atoms with Crippen LogP contribution in [0.2, 0.25) is 5.02 Å². The number of aryl methyl sites for hydroxylation is 1. The molecule has 8 heteroatoms. The van der Waals surface area contributed by atoms with Crippen LogP contribution in [-0.2, 0) is 6.54 Å². The zero-order valence-corrected chi connectivity index (χ0v) is 15.6. The van der Waals surface area contributed by atoms with Gasteiger partial charge in [0.1, 0.15) is 10.6 Å². The van der Waals surface area contributed by atoms with Crippen molar-refractivity contribution in [1.29, 1.82) is 0 Å². The van der Waals surface area contributed by atoms with Gasteiger partial charge in [0.2, 0.25) is 10.6 Å². The maximum Gasteiger partial charge on any atom is 0.262 e. The minimum Gasteiger partial charge on any atom is -0.347 e. The Labute approximate surface area is 153 Å². The molecule has 1 N–H and O–H groups in total. The topological polar surface area (TPSA) is 76.9 Å². The molecular formula is C17H17ClN4O2S. The predicted octanol–water partition coefficient (Wildman–Crippen LogP) is 3.90. The van der Waals surface area contributed by atoms with Crippen LogP contribution in [0.5, 0.6) is 0 Å². The lowest BCUT2D eigenvalue weighted by Gasteiger charge is -2.11. The Hall–Kier alpha value is -2.25. The Morgan fingerprint density at radius 3 is 2.76 bits per heavy atom. The van der Waals surface area contributed by atoms with Gasteiger partial charge in [-0.05, 0) is 25.1 Å². The summed E-state index contributed by atoms with van der Waals surface area (Å²) < 4.78 is 1.85. The van der Waals surface area contributed by atoms with Gasteiger partial charge >= 0.3 is 0 Å². The largest absolute Gasteiger partial charge is 0.347 e. The quantitative estimate of drug-likeness (QED) is 0.749. The monoisotopic (exact) mass is 376 g/mol. The number of fused-ring (bicyclic) bond motifs is 1. The second-order valence-corrected chi connectivity index (χ2v) is 7.32. The molecule has 130 valence electrons. The first-order chi connectivity index (χ1) is 11.9. The first kappa shape index (κ1) is 17.6. The van der Waals surface area contributed by atoms with Gasteiger partial charge in [-0.25, -0.2) is 0 Å². The lowest BCUT2D eigenvalue weighted by Crippen LogP contribution is -2.23. The molecule has 0 fully saturated rings. The van der Waals surface area contributed by atoms with Gasteiger partial charge in [0.05, 0.1) is 5.52 Å². The number of nitrogens with zero attached hydrogens (tertiary/aromatic N) is 3. The average Bonchev–Trinajstić information content (AvgIpc) is 3.04. The molecule has 0 unspecified atom stereocenters. The van der Waals surface area contributed by atoms with Crippen molar-refractivity contribution in [3.05, 3.63) is 50.2 Å². The van der Waals surface area contributed by atoms with Crippen molar-refractivity contribution in [2.75, 3.05) is 5.32 Å². The zero-order valence-electron chi connectivity index (χ0n) is 14.0. The van der Waals surface area contributed by atoms with Crippen molar-refractivity contribution in [2.45, 2.75) is 33.2 Å². The summed E-state index contributed by atoms with van der Waals surface area (Å²) in [5.74, 6) is -0.274.